The highest BCUT2D eigenvalue weighted by Crippen LogP contribution is 2.42. The zero-order valence-corrected chi connectivity index (χ0v) is 24.6. The Bertz CT molecular complexity index is 1360. The van der Waals surface area contributed by atoms with Crippen LogP contribution in [-0.2, 0) is 15.1 Å². The first-order valence-electron chi connectivity index (χ1n) is 13.6. The van der Waals surface area contributed by atoms with Crippen molar-refractivity contribution in [3.8, 4) is 16.3 Å². The molecule has 1 aliphatic carbocycles. The molecule has 0 unspecified atom stereocenters. The minimum Gasteiger partial charge on any atom is -0.493 e. The molecule has 3 aromatic rings. The molecule has 4 N–H and O–H groups in total. The number of pyridine rings is 2. The van der Waals surface area contributed by atoms with Gasteiger partial charge in [0.15, 0.2) is 0 Å². The summed E-state index contributed by atoms with van der Waals surface area (Å²) in [7, 11) is 0. The third-order valence-electron chi connectivity index (χ3n) is 6.53. The van der Waals surface area contributed by atoms with Crippen LogP contribution in [0.4, 0.5) is 16.4 Å². The van der Waals surface area contributed by atoms with Crippen molar-refractivity contribution in [2.24, 2.45) is 5.92 Å². The van der Waals surface area contributed by atoms with Gasteiger partial charge in [0.05, 0.1) is 23.1 Å². The van der Waals surface area contributed by atoms with Crippen molar-refractivity contribution in [2.45, 2.75) is 71.0 Å². The Morgan fingerprint density at radius 3 is 2.61 bits per heavy atom. The van der Waals surface area contributed by atoms with Crippen LogP contribution in [0.15, 0.2) is 36.7 Å². The summed E-state index contributed by atoms with van der Waals surface area (Å²) in [5.41, 5.74) is 0.0434. The third-order valence-corrected chi connectivity index (χ3v) is 7.75. The van der Waals surface area contributed by atoms with Crippen LogP contribution in [-0.4, -0.2) is 56.0 Å². The molecule has 0 aromatic carbocycles. The number of aliphatic hydroxyl groups is 1. The number of hydrogen-bond acceptors (Lipinski definition) is 10. The zero-order chi connectivity index (χ0) is 29.6. The fourth-order valence-corrected chi connectivity index (χ4v) is 5.51. The number of aliphatic carboxylic acids is 1. The van der Waals surface area contributed by atoms with E-state index < -0.39 is 29.2 Å². The van der Waals surface area contributed by atoms with Crippen molar-refractivity contribution in [2.75, 3.05) is 18.5 Å². The average molecular weight is 584 g/mol. The van der Waals surface area contributed by atoms with Crippen LogP contribution >= 0.6 is 11.3 Å². The summed E-state index contributed by atoms with van der Waals surface area (Å²) in [4.78, 5) is 37.4. The Hall–Kier alpha value is -3.77. The van der Waals surface area contributed by atoms with Crippen molar-refractivity contribution in [3.63, 3.8) is 0 Å². The van der Waals surface area contributed by atoms with E-state index in [1.807, 2.05) is 39.8 Å². The molecule has 3 heterocycles. The van der Waals surface area contributed by atoms with Gasteiger partial charge in [-0.3, -0.25) is 4.79 Å². The first kappa shape index (κ1) is 30.2. The number of rotatable bonds is 10. The Kier molecular flexibility index (Phi) is 9.44. The highest BCUT2D eigenvalue weighted by Gasteiger charge is 2.39. The summed E-state index contributed by atoms with van der Waals surface area (Å²) >= 11 is 1.38. The lowest BCUT2D eigenvalue weighted by molar-refractivity contribution is -0.145. The Morgan fingerprint density at radius 1 is 1.15 bits per heavy atom. The van der Waals surface area contributed by atoms with Gasteiger partial charge in [0.25, 0.3) is 0 Å². The van der Waals surface area contributed by atoms with Crippen molar-refractivity contribution in [3.05, 3.63) is 47.2 Å². The number of amides is 1. The van der Waals surface area contributed by atoms with E-state index in [0.717, 1.165) is 10.4 Å². The summed E-state index contributed by atoms with van der Waals surface area (Å²) in [6.45, 7) is 8.25. The molecule has 0 bridgehead atoms. The highest BCUT2D eigenvalue weighted by atomic mass is 32.1. The normalized spacial score (nSPS) is 18.9. The van der Waals surface area contributed by atoms with Crippen molar-refractivity contribution in [1.82, 2.24) is 20.3 Å². The lowest BCUT2D eigenvalue weighted by atomic mass is 9.79. The first-order chi connectivity index (χ1) is 19.4. The molecule has 3 aromatic heterocycles. The van der Waals surface area contributed by atoms with E-state index in [9.17, 15) is 19.8 Å². The summed E-state index contributed by atoms with van der Waals surface area (Å²) in [5, 5.41) is 27.0. The molecule has 1 aliphatic rings. The predicted octanol–water partition coefficient (Wildman–Crippen LogP) is 5.41. The Balaban J connectivity index is 1.35. The van der Waals surface area contributed by atoms with Gasteiger partial charge in [-0.2, -0.15) is 0 Å². The maximum absolute atomic E-state index is 11.7. The van der Waals surface area contributed by atoms with E-state index in [0.29, 0.717) is 73.3 Å². The monoisotopic (exact) mass is 583 g/mol. The topological polar surface area (TPSA) is 156 Å². The summed E-state index contributed by atoms with van der Waals surface area (Å²) < 4.78 is 11.0. The molecule has 11 nitrogen and oxygen atoms in total. The molecule has 1 saturated carbocycles. The van der Waals surface area contributed by atoms with Gasteiger partial charge in [0, 0.05) is 25.0 Å². The van der Waals surface area contributed by atoms with Crippen LogP contribution in [0.2, 0.25) is 0 Å². The predicted molar refractivity (Wildman–Crippen MR) is 155 cm³/mol. The second-order valence-electron chi connectivity index (χ2n) is 11.2. The number of carbonyl (C=O) groups is 2. The lowest BCUT2D eigenvalue weighted by Gasteiger charge is -2.32. The molecular weight excluding hydrogens is 546 g/mol. The summed E-state index contributed by atoms with van der Waals surface area (Å²) in [6, 6.07) is 7.39. The number of carboxylic acid groups (broad SMARTS) is 1. The maximum Gasteiger partial charge on any atom is 0.407 e. The van der Waals surface area contributed by atoms with Crippen LogP contribution in [0.3, 0.4) is 0 Å². The molecule has 0 radical (unpaired) electrons. The number of alkyl carbamates (subject to hydrolysis) is 1. The van der Waals surface area contributed by atoms with Crippen LogP contribution in [0.5, 0.6) is 5.75 Å². The minimum absolute atomic E-state index is 0.370. The second kappa shape index (κ2) is 12.8. The summed E-state index contributed by atoms with van der Waals surface area (Å²) in [6.07, 6.45) is 5.10. The number of nitrogens with one attached hydrogen (secondary N) is 2. The number of carbonyl (C=O) groups excluding carboxylic acids is 1. The van der Waals surface area contributed by atoms with Crippen LogP contribution in [0.25, 0.3) is 10.6 Å². The quantitative estimate of drug-likeness (QED) is 0.228. The van der Waals surface area contributed by atoms with Crippen LogP contribution in [0.1, 0.15) is 63.4 Å². The van der Waals surface area contributed by atoms with Gasteiger partial charge in [0.1, 0.15) is 33.6 Å². The fourth-order valence-electron chi connectivity index (χ4n) is 4.49. The van der Waals surface area contributed by atoms with Gasteiger partial charge in [-0.05, 0) is 83.6 Å². The van der Waals surface area contributed by atoms with Gasteiger partial charge in [-0.15, -0.1) is 11.3 Å². The standard InChI is InChI=1S/C29H37N5O6S/c1-18-14-21(22-17-32-26(41-22)29(38)9-6-19(7-10-29)25(35)36)33-24(15-18)34-23-16-20(8-12-30-23)39-13-5-11-31-27(37)40-28(2,3)4/h8,12,14-17,19,38H,5-7,9-11,13H2,1-4H3,(H,31,37)(H,35,36)(H,30,33,34)/t19-,29+. The Morgan fingerprint density at radius 2 is 1.90 bits per heavy atom. The number of ether oxygens (including phenoxy) is 2. The van der Waals surface area contributed by atoms with E-state index in [-0.39, 0.29) is 0 Å². The highest BCUT2D eigenvalue weighted by molar-refractivity contribution is 7.15. The molecule has 12 heteroatoms. The van der Waals surface area contributed by atoms with Crippen LogP contribution in [0, 0.1) is 12.8 Å². The molecule has 1 fully saturated rings. The molecule has 0 atom stereocenters. The number of aromatic nitrogens is 3. The average Bonchev–Trinajstić information content (AvgIpc) is 3.39. The van der Waals surface area contributed by atoms with Crippen molar-refractivity contribution < 1.29 is 29.3 Å². The second-order valence-corrected chi connectivity index (χ2v) is 12.3. The maximum atomic E-state index is 11.7. The molecule has 41 heavy (non-hydrogen) atoms. The van der Waals surface area contributed by atoms with Gasteiger partial charge in [0.2, 0.25) is 0 Å². The molecule has 4 rings (SSSR count). The van der Waals surface area contributed by atoms with E-state index in [1.165, 1.54) is 11.3 Å². The number of anilines is 2. The molecular formula is C29H37N5O6S. The molecule has 0 spiro atoms. The largest absolute Gasteiger partial charge is 0.493 e. The van der Waals surface area contributed by atoms with Gasteiger partial charge < -0.3 is 30.3 Å². The smallest absolute Gasteiger partial charge is 0.407 e. The van der Waals surface area contributed by atoms with Crippen molar-refractivity contribution >= 4 is 35.0 Å². The number of aryl methyl sites for hydroxylation is 1. The molecule has 0 saturated heterocycles. The fraction of sp³-hybridized carbons (Fsp3) is 0.483. The zero-order valence-electron chi connectivity index (χ0n) is 23.8. The van der Waals surface area contributed by atoms with Gasteiger partial charge >= 0.3 is 12.1 Å². The Labute approximate surface area is 243 Å². The number of hydrogen-bond donors (Lipinski definition) is 4. The first-order valence-corrected chi connectivity index (χ1v) is 14.5. The van der Waals surface area contributed by atoms with Crippen LogP contribution < -0.4 is 15.4 Å². The number of thiazole rings is 1. The summed E-state index contributed by atoms with van der Waals surface area (Å²) in [5.74, 6) is 0.566. The number of carboxylic acids is 1. The van der Waals surface area contributed by atoms with E-state index in [4.69, 9.17) is 14.5 Å². The SMILES string of the molecule is Cc1cc(Nc2cc(OCCCNC(=O)OC(C)(C)C)ccn2)nc(-c2cnc([C@]3(O)CC[C@@H](C(=O)O)CC3)s2)c1. The minimum atomic E-state index is -1.12. The van der Waals surface area contributed by atoms with Gasteiger partial charge in [-0.25, -0.2) is 19.7 Å². The third kappa shape index (κ3) is 8.61. The molecule has 220 valence electrons. The lowest BCUT2D eigenvalue weighted by Crippen LogP contribution is -2.33. The molecule has 1 amide bonds. The van der Waals surface area contributed by atoms with E-state index >= 15 is 0 Å². The van der Waals surface area contributed by atoms with Crippen molar-refractivity contribution in [1.29, 1.82) is 0 Å². The van der Waals surface area contributed by atoms with E-state index in [1.54, 1.807) is 24.5 Å². The number of nitrogens with zero attached hydrogens (tertiary/aromatic N) is 3. The molecule has 0 aliphatic heterocycles. The van der Waals surface area contributed by atoms with E-state index in [2.05, 4.69) is 20.6 Å². The van der Waals surface area contributed by atoms with Gasteiger partial charge in [-0.1, -0.05) is 0 Å².